The largest absolute Gasteiger partial charge is 0.454 e. The van der Waals surface area contributed by atoms with E-state index in [1.54, 1.807) is 11.3 Å². The third kappa shape index (κ3) is 2.44. The number of fused-ring (bicyclic) bond motifs is 4. The topological polar surface area (TPSA) is 59.6 Å². The van der Waals surface area contributed by atoms with E-state index in [9.17, 15) is 4.79 Å². The van der Waals surface area contributed by atoms with Crippen LogP contribution in [0.1, 0.15) is 45.9 Å². The highest BCUT2D eigenvalue weighted by atomic mass is 79.9. The number of nitrogens with one attached hydrogen (secondary N) is 2. The quantitative estimate of drug-likeness (QED) is 0.724. The molecule has 0 unspecified atom stereocenters. The molecule has 0 saturated heterocycles. The zero-order valence-electron chi connectivity index (χ0n) is 13.6. The second-order valence-electron chi connectivity index (χ2n) is 6.83. The van der Waals surface area contributed by atoms with Crippen molar-refractivity contribution in [3.05, 3.63) is 38.2 Å². The molecule has 2 aromatic rings. The number of benzene rings is 1. The Labute approximate surface area is 157 Å². The predicted octanol–water partition coefficient (Wildman–Crippen LogP) is 4.22. The number of amides is 1. The van der Waals surface area contributed by atoms with Crippen molar-refractivity contribution < 1.29 is 14.3 Å². The van der Waals surface area contributed by atoms with Gasteiger partial charge in [0.15, 0.2) is 11.5 Å². The molecule has 3 aliphatic rings. The van der Waals surface area contributed by atoms with Crippen LogP contribution in [-0.4, -0.2) is 12.7 Å². The molecule has 2 atom stereocenters. The Morgan fingerprint density at radius 2 is 2.04 bits per heavy atom. The van der Waals surface area contributed by atoms with Crippen molar-refractivity contribution >= 4 is 38.2 Å². The molecule has 0 bridgehead atoms. The number of ether oxygens (including phenoxy) is 2. The summed E-state index contributed by atoms with van der Waals surface area (Å²) >= 11 is 5.32. The number of hydrogen-bond donors (Lipinski definition) is 2. The molecule has 0 saturated carbocycles. The van der Waals surface area contributed by atoms with Gasteiger partial charge in [0.1, 0.15) is 11.2 Å². The van der Waals surface area contributed by atoms with Crippen LogP contribution in [-0.2, 0) is 12.8 Å². The van der Waals surface area contributed by atoms with Crippen LogP contribution in [0.4, 0.5) is 5.00 Å². The summed E-state index contributed by atoms with van der Waals surface area (Å²) in [5, 5.41) is 7.59. The van der Waals surface area contributed by atoms with E-state index in [4.69, 9.17) is 9.47 Å². The van der Waals surface area contributed by atoms with Crippen LogP contribution >= 0.6 is 27.3 Å². The lowest BCUT2D eigenvalue weighted by Crippen LogP contribution is -2.38. The maximum absolute atomic E-state index is 12.8. The summed E-state index contributed by atoms with van der Waals surface area (Å²) in [4.78, 5) is 14.2. The molecule has 0 radical (unpaired) electrons. The fourth-order valence-corrected chi connectivity index (χ4v) is 5.76. The Kier molecular flexibility index (Phi) is 3.50. The molecule has 2 aliphatic heterocycles. The first-order valence-corrected chi connectivity index (χ1v) is 10.0. The lowest BCUT2D eigenvalue weighted by molar-refractivity contribution is 0.0935. The number of carbonyl (C=O) groups is 1. The molecule has 2 N–H and O–H groups in total. The van der Waals surface area contributed by atoms with E-state index in [0.717, 1.165) is 45.6 Å². The molecule has 7 heteroatoms. The molecule has 3 heterocycles. The van der Waals surface area contributed by atoms with Crippen LogP contribution in [0.2, 0.25) is 0 Å². The molecule has 25 heavy (non-hydrogen) atoms. The second-order valence-corrected chi connectivity index (χ2v) is 8.79. The van der Waals surface area contributed by atoms with Crippen LogP contribution in [0.25, 0.3) is 0 Å². The van der Waals surface area contributed by atoms with Gasteiger partial charge in [-0.2, -0.15) is 0 Å². The fourth-order valence-electron chi connectivity index (χ4n) is 3.77. The van der Waals surface area contributed by atoms with Crippen molar-refractivity contribution in [2.45, 2.75) is 32.4 Å². The average molecular weight is 421 g/mol. The molecule has 1 amide bonds. The Hall–Kier alpha value is -1.73. The number of hydrogen-bond acceptors (Lipinski definition) is 5. The van der Waals surface area contributed by atoms with E-state index in [1.165, 1.54) is 10.4 Å². The monoisotopic (exact) mass is 420 g/mol. The van der Waals surface area contributed by atoms with Crippen molar-refractivity contribution in [2.24, 2.45) is 5.92 Å². The molecule has 1 aromatic heterocycles. The minimum absolute atomic E-state index is 0.00960. The Morgan fingerprint density at radius 1 is 1.24 bits per heavy atom. The van der Waals surface area contributed by atoms with Crippen LogP contribution in [0.3, 0.4) is 0 Å². The van der Waals surface area contributed by atoms with Gasteiger partial charge < -0.3 is 20.1 Å². The Morgan fingerprint density at radius 3 is 2.88 bits per heavy atom. The SMILES string of the molecule is C[C@@H]1CCc2c(sc3c2C(=O)N[C@H](c2cc4c(cc2Br)OCO4)N3)C1. The normalized spacial score (nSPS) is 23.5. The third-order valence-electron chi connectivity index (χ3n) is 5.09. The van der Waals surface area contributed by atoms with Gasteiger partial charge in [0.2, 0.25) is 6.79 Å². The van der Waals surface area contributed by atoms with E-state index >= 15 is 0 Å². The highest BCUT2D eigenvalue weighted by Crippen LogP contribution is 2.44. The van der Waals surface area contributed by atoms with Crippen molar-refractivity contribution in [1.29, 1.82) is 0 Å². The van der Waals surface area contributed by atoms with Crippen molar-refractivity contribution in [3.8, 4) is 11.5 Å². The third-order valence-corrected chi connectivity index (χ3v) is 6.96. The molecule has 0 fully saturated rings. The Balaban J connectivity index is 1.52. The number of halogens is 1. The van der Waals surface area contributed by atoms with E-state index in [0.29, 0.717) is 11.7 Å². The van der Waals surface area contributed by atoms with E-state index < -0.39 is 0 Å². The van der Waals surface area contributed by atoms with Crippen LogP contribution in [0.15, 0.2) is 16.6 Å². The molecular formula is C18H17BrN2O3S. The number of anilines is 1. The van der Waals surface area contributed by atoms with Crippen molar-refractivity contribution in [1.82, 2.24) is 5.32 Å². The lowest BCUT2D eigenvalue weighted by atomic mass is 9.88. The first-order chi connectivity index (χ1) is 12.1. The van der Waals surface area contributed by atoms with Gasteiger partial charge in [-0.1, -0.05) is 22.9 Å². The van der Waals surface area contributed by atoms with Gasteiger partial charge in [-0.15, -0.1) is 11.3 Å². The van der Waals surface area contributed by atoms with Gasteiger partial charge in [0, 0.05) is 14.9 Å². The number of thiophene rings is 1. The summed E-state index contributed by atoms with van der Waals surface area (Å²) in [7, 11) is 0. The number of rotatable bonds is 1. The average Bonchev–Trinajstić information content (AvgIpc) is 3.16. The highest BCUT2D eigenvalue weighted by molar-refractivity contribution is 9.10. The van der Waals surface area contributed by atoms with Crippen molar-refractivity contribution in [2.75, 3.05) is 12.1 Å². The zero-order valence-corrected chi connectivity index (χ0v) is 16.1. The standard InChI is InChI=1S/C18H17BrN2O3S/c1-8-2-3-9-14(4-8)25-18-15(9)17(22)20-16(21-18)10-5-12-13(6-11(10)19)24-7-23-12/h5-6,8,16,21H,2-4,7H2,1H3,(H,20,22)/t8-,16+/m1/s1. The van der Waals surface area contributed by atoms with Gasteiger partial charge >= 0.3 is 0 Å². The van der Waals surface area contributed by atoms with E-state index in [2.05, 4.69) is 33.5 Å². The zero-order chi connectivity index (χ0) is 17.1. The predicted molar refractivity (Wildman–Crippen MR) is 99.6 cm³/mol. The molecule has 130 valence electrons. The van der Waals surface area contributed by atoms with Crippen LogP contribution in [0.5, 0.6) is 11.5 Å². The first kappa shape index (κ1) is 15.5. The summed E-state index contributed by atoms with van der Waals surface area (Å²) in [6.07, 6.45) is 2.93. The highest BCUT2D eigenvalue weighted by Gasteiger charge is 2.34. The smallest absolute Gasteiger partial charge is 0.256 e. The van der Waals surface area contributed by atoms with Gasteiger partial charge in [0.05, 0.1) is 5.56 Å². The summed E-state index contributed by atoms with van der Waals surface area (Å²) < 4.78 is 11.8. The van der Waals surface area contributed by atoms with Crippen LogP contribution < -0.4 is 20.1 Å². The summed E-state index contributed by atoms with van der Waals surface area (Å²) in [5.41, 5.74) is 3.02. The minimum atomic E-state index is -0.290. The molecule has 1 aromatic carbocycles. The molecular weight excluding hydrogens is 404 g/mol. The lowest BCUT2D eigenvalue weighted by Gasteiger charge is -2.27. The van der Waals surface area contributed by atoms with Gasteiger partial charge in [-0.25, -0.2) is 0 Å². The van der Waals surface area contributed by atoms with Gasteiger partial charge in [-0.05, 0) is 42.9 Å². The molecule has 1 aliphatic carbocycles. The fraction of sp³-hybridized carbons (Fsp3) is 0.389. The van der Waals surface area contributed by atoms with Crippen LogP contribution in [0, 0.1) is 5.92 Å². The van der Waals surface area contributed by atoms with E-state index in [-0.39, 0.29) is 18.9 Å². The molecule has 5 nitrogen and oxygen atoms in total. The Bertz CT molecular complexity index is 895. The second kappa shape index (κ2) is 5.64. The first-order valence-electron chi connectivity index (χ1n) is 8.41. The van der Waals surface area contributed by atoms with Crippen molar-refractivity contribution in [3.63, 3.8) is 0 Å². The maximum Gasteiger partial charge on any atom is 0.256 e. The van der Waals surface area contributed by atoms with E-state index in [1.807, 2.05) is 12.1 Å². The number of carbonyl (C=O) groups excluding carboxylic acids is 1. The summed E-state index contributed by atoms with van der Waals surface area (Å²) in [6, 6.07) is 3.81. The van der Waals surface area contributed by atoms with Gasteiger partial charge in [-0.3, -0.25) is 4.79 Å². The molecule has 5 rings (SSSR count). The van der Waals surface area contributed by atoms with Gasteiger partial charge in [0.25, 0.3) is 5.91 Å². The summed E-state index contributed by atoms with van der Waals surface area (Å²) in [6.45, 7) is 2.51. The minimum Gasteiger partial charge on any atom is -0.454 e. The molecule has 0 spiro atoms. The maximum atomic E-state index is 12.8. The summed E-state index contributed by atoms with van der Waals surface area (Å²) in [5.74, 6) is 2.13.